The lowest BCUT2D eigenvalue weighted by Crippen LogP contribution is -2.14. The van der Waals surface area contributed by atoms with Crippen molar-refractivity contribution in [1.29, 1.82) is 0 Å². The molecular weight excluding hydrogens is 244 g/mol. The van der Waals surface area contributed by atoms with Crippen LogP contribution >= 0.6 is 0 Å². The van der Waals surface area contributed by atoms with Crippen LogP contribution in [0.25, 0.3) is 10.9 Å². The summed E-state index contributed by atoms with van der Waals surface area (Å²) in [6.07, 6.45) is 3.22. The zero-order valence-electron chi connectivity index (χ0n) is 11.8. The number of aryl methyl sites for hydroxylation is 1. The highest BCUT2D eigenvalue weighted by Crippen LogP contribution is 2.26. The van der Waals surface area contributed by atoms with Crippen LogP contribution in [0.4, 0.5) is 0 Å². The predicted octanol–water partition coefficient (Wildman–Crippen LogP) is 3.46. The lowest BCUT2D eigenvalue weighted by molar-refractivity contribution is 0.695. The van der Waals surface area contributed by atoms with Gasteiger partial charge in [0, 0.05) is 30.1 Å². The van der Waals surface area contributed by atoms with Gasteiger partial charge in [0.1, 0.15) is 0 Å². The second-order valence-corrected chi connectivity index (χ2v) is 5.33. The number of para-hydroxylation sites is 1. The Bertz CT molecular complexity index is 698. The van der Waals surface area contributed by atoms with Gasteiger partial charge in [-0.15, -0.1) is 0 Å². The molecule has 0 aliphatic rings. The fourth-order valence-electron chi connectivity index (χ4n) is 2.92. The Morgan fingerprint density at radius 1 is 1.00 bits per heavy atom. The fourth-order valence-corrected chi connectivity index (χ4v) is 2.92. The molecule has 2 N–H and O–H groups in total. The number of benzene rings is 2. The Hall–Kier alpha value is -2.06. The number of hydrogen-bond donors (Lipinski definition) is 1. The van der Waals surface area contributed by atoms with Crippen LogP contribution in [0, 0.1) is 0 Å². The van der Waals surface area contributed by atoms with E-state index < -0.39 is 0 Å². The summed E-state index contributed by atoms with van der Waals surface area (Å²) in [6, 6.07) is 19.1. The topological polar surface area (TPSA) is 30.9 Å². The van der Waals surface area contributed by atoms with Gasteiger partial charge in [0.05, 0.1) is 0 Å². The molecule has 2 nitrogen and oxygen atoms in total. The van der Waals surface area contributed by atoms with E-state index in [2.05, 4.69) is 72.4 Å². The number of fused-ring (bicyclic) bond motifs is 1. The molecule has 1 unspecified atom stereocenters. The number of hydrogen-bond acceptors (Lipinski definition) is 1. The van der Waals surface area contributed by atoms with Crippen molar-refractivity contribution in [3.05, 3.63) is 71.9 Å². The first-order valence-corrected chi connectivity index (χ1v) is 7.07. The van der Waals surface area contributed by atoms with Gasteiger partial charge in [-0.25, -0.2) is 0 Å². The lowest BCUT2D eigenvalue weighted by Gasteiger charge is -2.14. The van der Waals surface area contributed by atoms with Gasteiger partial charge < -0.3 is 10.3 Å². The molecule has 102 valence electrons. The Morgan fingerprint density at radius 3 is 2.45 bits per heavy atom. The minimum absolute atomic E-state index is 0.377. The Morgan fingerprint density at radius 2 is 1.70 bits per heavy atom. The van der Waals surface area contributed by atoms with Crippen LogP contribution in [0.3, 0.4) is 0 Å². The summed E-state index contributed by atoms with van der Waals surface area (Å²) in [5.41, 5.74) is 9.98. The average molecular weight is 264 g/mol. The van der Waals surface area contributed by atoms with Crippen molar-refractivity contribution >= 4 is 10.9 Å². The van der Waals surface area contributed by atoms with E-state index in [1.165, 1.54) is 22.0 Å². The van der Waals surface area contributed by atoms with Crippen LogP contribution in [-0.4, -0.2) is 11.1 Å². The second-order valence-electron chi connectivity index (χ2n) is 5.33. The molecule has 1 heterocycles. The van der Waals surface area contributed by atoms with Crippen molar-refractivity contribution in [2.45, 2.75) is 12.3 Å². The fraction of sp³-hybridized carbons (Fsp3) is 0.222. The molecule has 0 aliphatic heterocycles. The molecule has 1 atom stereocenters. The summed E-state index contributed by atoms with van der Waals surface area (Å²) in [7, 11) is 2.10. The SMILES string of the molecule is Cn1cc(CC(CN)c2ccccc2)c2ccccc21. The summed E-state index contributed by atoms with van der Waals surface area (Å²) < 4.78 is 2.20. The average Bonchev–Trinajstić information content (AvgIpc) is 2.82. The largest absolute Gasteiger partial charge is 0.350 e. The molecule has 0 amide bonds. The lowest BCUT2D eigenvalue weighted by atomic mass is 9.92. The Kier molecular flexibility index (Phi) is 3.57. The molecule has 0 saturated carbocycles. The van der Waals surface area contributed by atoms with E-state index in [1.54, 1.807) is 0 Å². The molecule has 2 heteroatoms. The van der Waals surface area contributed by atoms with Crippen molar-refractivity contribution in [2.24, 2.45) is 12.8 Å². The van der Waals surface area contributed by atoms with Crippen LogP contribution < -0.4 is 5.73 Å². The van der Waals surface area contributed by atoms with Crippen molar-refractivity contribution in [3.8, 4) is 0 Å². The minimum atomic E-state index is 0.377. The van der Waals surface area contributed by atoms with Gasteiger partial charge in [-0.3, -0.25) is 0 Å². The maximum Gasteiger partial charge on any atom is 0.0480 e. The molecule has 3 rings (SSSR count). The molecule has 0 radical (unpaired) electrons. The van der Waals surface area contributed by atoms with Crippen LogP contribution in [0.5, 0.6) is 0 Å². The molecular formula is C18H20N2. The van der Waals surface area contributed by atoms with Crippen LogP contribution in [-0.2, 0) is 13.5 Å². The minimum Gasteiger partial charge on any atom is -0.350 e. The summed E-state index contributed by atoms with van der Waals surface area (Å²) in [4.78, 5) is 0. The Balaban J connectivity index is 1.96. The third-order valence-corrected chi connectivity index (χ3v) is 4.00. The highest BCUT2D eigenvalue weighted by Gasteiger charge is 2.14. The molecule has 2 aromatic carbocycles. The van der Waals surface area contributed by atoms with Crippen LogP contribution in [0.2, 0.25) is 0 Å². The first kappa shape index (κ1) is 12.9. The first-order chi connectivity index (χ1) is 9.79. The van der Waals surface area contributed by atoms with Gasteiger partial charge in [0.2, 0.25) is 0 Å². The van der Waals surface area contributed by atoms with Gasteiger partial charge >= 0.3 is 0 Å². The number of rotatable bonds is 4. The predicted molar refractivity (Wildman–Crippen MR) is 84.9 cm³/mol. The van der Waals surface area contributed by atoms with E-state index in [0.29, 0.717) is 12.5 Å². The molecule has 1 aromatic heterocycles. The third kappa shape index (κ3) is 2.35. The number of nitrogens with two attached hydrogens (primary N) is 1. The third-order valence-electron chi connectivity index (χ3n) is 4.00. The molecule has 20 heavy (non-hydrogen) atoms. The van der Waals surface area contributed by atoms with Crippen LogP contribution in [0.1, 0.15) is 17.0 Å². The molecule has 0 bridgehead atoms. The number of nitrogens with zero attached hydrogens (tertiary/aromatic N) is 1. The van der Waals surface area contributed by atoms with Crippen molar-refractivity contribution in [3.63, 3.8) is 0 Å². The maximum atomic E-state index is 6.00. The highest BCUT2D eigenvalue weighted by atomic mass is 14.9. The zero-order chi connectivity index (χ0) is 13.9. The normalized spacial score (nSPS) is 12.7. The van der Waals surface area contributed by atoms with Gasteiger partial charge in [-0.2, -0.15) is 0 Å². The van der Waals surface area contributed by atoms with Gasteiger partial charge in [-0.1, -0.05) is 48.5 Å². The summed E-state index contributed by atoms with van der Waals surface area (Å²) in [5, 5.41) is 1.34. The molecule has 0 spiro atoms. The smallest absolute Gasteiger partial charge is 0.0480 e. The van der Waals surface area contributed by atoms with E-state index in [-0.39, 0.29) is 0 Å². The maximum absolute atomic E-state index is 6.00. The molecule has 0 aliphatic carbocycles. The molecule has 0 fully saturated rings. The quantitative estimate of drug-likeness (QED) is 0.768. The Labute approximate surface area is 119 Å². The van der Waals surface area contributed by atoms with Crippen molar-refractivity contribution < 1.29 is 0 Å². The van der Waals surface area contributed by atoms with E-state index >= 15 is 0 Å². The van der Waals surface area contributed by atoms with Gasteiger partial charge in [-0.05, 0) is 30.2 Å². The molecule has 0 saturated heterocycles. The highest BCUT2D eigenvalue weighted by molar-refractivity contribution is 5.84. The summed E-state index contributed by atoms with van der Waals surface area (Å²) in [6.45, 7) is 0.674. The zero-order valence-corrected chi connectivity index (χ0v) is 11.8. The summed E-state index contributed by atoms with van der Waals surface area (Å²) >= 11 is 0. The standard InChI is InChI=1S/C18H20N2/c1-20-13-16(17-9-5-6-10-18(17)20)11-15(12-19)14-7-3-2-4-8-14/h2-10,13,15H,11-12,19H2,1H3. The number of aromatic nitrogens is 1. The van der Waals surface area contributed by atoms with Crippen molar-refractivity contribution in [2.75, 3.05) is 6.54 Å². The summed E-state index contributed by atoms with van der Waals surface area (Å²) in [5.74, 6) is 0.377. The van der Waals surface area contributed by atoms with E-state index in [9.17, 15) is 0 Å². The van der Waals surface area contributed by atoms with E-state index in [1.807, 2.05) is 0 Å². The van der Waals surface area contributed by atoms with Gasteiger partial charge in [0.15, 0.2) is 0 Å². The second kappa shape index (κ2) is 5.51. The van der Waals surface area contributed by atoms with E-state index in [4.69, 9.17) is 5.73 Å². The van der Waals surface area contributed by atoms with Crippen LogP contribution in [0.15, 0.2) is 60.8 Å². The van der Waals surface area contributed by atoms with Gasteiger partial charge in [0.25, 0.3) is 0 Å². The first-order valence-electron chi connectivity index (χ1n) is 7.07. The molecule has 3 aromatic rings. The monoisotopic (exact) mass is 264 g/mol. The van der Waals surface area contributed by atoms with E-state index in [0.717, 1.165) is 6.42 Å². The van der Waals surface area contributed by atoms with Crippen molar-refractivity contribution in [1.82, 2.24) is 4.57 Å².